The molecule has 3 nitrogen and oxygen atoms in total. The molecule has 1 aromatic rings. The Labute approximate surface area is 70.0 Å². The van der Waals surface area contributed by atoms with E-state index in [9.17, 15) is 5.21 Å². The fraction of sp³-hybridized carbons (Fsp3) is 0.286. The van der Waals surface area contributed by atoms with E-state index in [-0.39, 0.29) is 0 Å². The molecule has 0 aromatic carbocycles. The van der Waals surface area contributed by atoms with Crippen molar-refractivity contribution in [2.24, 2.45) is 5.73 Å². The van der Waals surface area contributed by atoms with Crippen LogP contribution < -0.4 is 10.5 Å². The highest BCUT2D eigenvalue weighted by Crippen LogP contribution is 2.06. The molecule has 0 aliphatic heterocycles. The molecular weight excluding hydrogens is 164 g/mol. The second kappa shape index (κ2) is 3.55. The van der Waals surface area contributed by atoms with Crippen molar-refractivity contribution in [1.82, 2.24) is 0 Å². The molecule has 1 rings (SSSR count). The first-order valence-corrected chi connectivity index (χ1v) is 3.68. The lowest BCUT2D eigenvalue weighted by Crippen LogP contribution is -2.25. The third-order valence-corrected chi connectivity index (χ3v) is 1.51. The summed E-state index contributed by atoms with van der Waals surface area (Å²) in [5.41, 5.74) is 6.18. The van der Waals surface area contributed by atoms with Crippen LogP contribution in [0.15, 0.2) is 18.5 Å². The first-order chi connectivity index (χ1) is 5.22. The van der Waals surface area contributed by atoms with Gasteiger partial charge in [-0.3, -0.25) is 0 Å². The summed E-state index contributed by atoms with van der Waals surface area (Å²) < 4.78 is 0.688. The normalized spacial score (nSPS) is 10.0. The standard InChI is InChI=1S/C7H9ClN2O/c8-7-3-6(1-2-9)4-10(11)5-7/h3-5H,1-2,9H2. The number of hydrogen-bond acceptors (Lipinski definition) is 2. The van der Waals surface area contributed by atoms with Gasteiger partial charge in [-0.25, -0.2) is 0 Å². The molecule has 0 atom stereocenters. The Balaban J connectivity index is 2.89. The Bertz CT molecular complexity index is 232. The molecule has 0 amide bonds. The van der Waals surface area contributed by atoms with Crippen LogP contribution in [0.4, 0.5) is 0 Å². The van der Waals surface area contributed by atoms with Gasteiger partial charge in [-0.2, -0.15) is 4.73 Å². The smallest absolute Gasteiger partial charge is 0.199 e. The van der Waals surface area contributed by atoms with Gasteiger partial charge in [-0.1, -0.05) is 11.6 Å². The predicted octanol–water partition coefficient (Wildman–Crippen LogP) is 0.475. The van der Waals surface area contributed by atoms with Crippen molar-refractivity contribution in [3.63, 3.8) is 0 Å². The molecule has 0 unspecified atom stereocenters. The molecular formula is C7H9ClN2O. The van der Waals surface area contributed by atoms with Crippen LogP contribution in [0.5, 0.6) is 0 Å². The molecule has 0 aliphatic carbocycles. The lowest BCUT2D eigenvalue weighted by Gasteiger charge is -1.99. The molecule has 0 bridgehead atoms. The van der Waals surface area contributed by atoms with Crippen molar-refractivity contribution in [2.45, 2.75) is 6.42 Å². The Morgan fingerprint density at radius 1 is 1.55 bits per heavy atom. The zero-order valence-electron chi connectivity index (χ0n) is 5.96. The summed E-state index contributed by atoms with van der Waals surface area (Å²) >= 11 is 5.62. The van der Waals surface area contributed by atoms with Gasteiger partial charge in [-0.05, 0) is 19.0 Å². The van der Waals surface area contributed by atoms with E-state index < -0.39 is 0 Å². The van der Waals surface area contributed by atoms with E-state index in [1.165, 1.54) is 12.4 Å². The fourth-order valence-corrected chi connectivity index (χ4v) is 1.11. The van der Waals surface area contributed by atoms with E-state index >= 15 is 0 Å². The highest BCUT2D eigenvalue weighted by atomic mass is 35.5. The van der Waals surface area contributed by atoms with E-state index in [4.69, 9.17) is 17.3 Å². The topological polar surface area (TPSA) is 53.0 Å². The van der Waals surface area contributed by atoms with Crippen molar-refractivity contribution in [3.8, 4) is 0 Å². The third-order valence-electron chi connectivity index (χ3n) is 1.30. The lowest BCUT2D eigenvalue weighted by molar-refractivity contribution is -0.605. The predicted molar refractivity (Wildman–Crippen MR) is 43.2 cm³/mol. The van der Waals surface area contributed by atoms with Crippen molar-refractivity contribution >= 4 is 11.6 Å². The van der Waals surface area contributed by atoms with Gasteiger partial charge >= 0.3 is 0 Å². The second-order valence-corrected chi connectivity index (χ2v) is 2.70. The maximum Gasteiger partial charge on any atom is 0.199 e. The SMILES string of the molecule is NCCc1cc(Cl)c[n+]([O-])c1. The molecule has 0 saturated carbocycles. The van der Waals surface area contributed by atoms with Crippen LogP contribution in [0.25, 0.3) is 0 Å². The quantitative estimate of drug-likeness (QED) is 0.521. The second-order valence-electron chi connectivity index (χ2n) is 2.26. The first kappa shape index (κ1) is 8.30. The number of nitrogens with two attached hydrogens (primary N) is 1. The summed E-state index contributed by atoms with van der Waals surface area (Å²) in [7, 11) is 0. The van der Waals surface area contributed by atoms with Crippen molar-refractivity contribution in [3.05, 3.63) is 34.3 Å². The number of pyridine rings is 1. The Hall–Kier alpha value is -0.800. The molecule has 11 heavy (non-hydrogen) atoms. The van der Waals surface area contributed by atoms with Crippen molar-refractivity contribution in [2.75, 3.05) is 6.54 Å². The number of halogens is 1. The van der Waals surface area contributed by atoms with Gasteiger partial charge in [-0.15, -0.1) is 0 Å². The number of hydrogen-bond donors (Lipinski definition) is 1. The third kappa shape index (κ3) is 2.37. The number of rotatable bonds is 2. The summed E-state index contributed by atoms with van der Waals surface area (Å²) in [5.74, 6) is 0. The maximum atomic E-state index is 10.8. The fourth-order valence-electron chi connectivity index (χ4n) is 0.877. The highest BCUT2D eigenvalue weighted by molar-refractivity contribution is 6.30. The van der Waals surface area contributed by atoms with E-state index in [0.29, 0.717) is 22.7 Å². The average Bonchev–Trinajstić information content (AvgIpc) is 1.85. The van der Waals surface area contributed by atoms with Gasteiger partial charge in [0.05, 0.1) is 0 Å². The van der Waals surface area contributed by atoms with Crippen LogP contribution in [0.2, 0.25) is 5.02 Å². The van der Waals surface area contributed by atoms with Gasteiger partial charge < -0.3 is 10.9 Å². The van der Waals surface area contributed by atoms with Crippen LogP contribution in [-0.4, -0.2) is 6.54 Å². The maximum absolute atomic E-state index is 10.8. The molecule has 1 heterocycles. The van der Waals surface area contributed by atoms with Crippen LogP contribution in [-0.2, 0) is 6.42 Å². The minimum atomic E-state index is 0.450. The molecule has 2 N–H and O–H groups in total. The van der Waals surface area contributed by atoms with E-state index in [2.05, 4.69) is 0 Å². The number of aromatic nitrogens is 1. The van der Waals surface area contributed by atoms with Crippen molar-refractivity contribution < 1.29 is 4.73 Å². The van der Waals surface area contributed by atoms with Gasteiger partial charge in [0.2, 0.25) is 0 Å². The Morgan fingerprint density at radius 2 is 2.27 bits per heavy atom. The van der Waals surface area contributed by atoms with Crippen LogP contribution >= 0.6 is 11.6 Å². The number of nitrogens with zero attached hydrogens (tertiary/aromatic N) is 1. The zero-order valence-corrected chi connectivity index (χ0v) is 6.71. The lowest BCUT2D eigenvalue weighted by atomic mass is 10.2. The summed E-state index contributed by atoms with van der Waals surface area (Å²) in [4.78, 5) is 0. The van der Waals surface area contributed by atoms with Crippen molar-refractivity contribution in [1.29, 1.82) is 0 Å². The zero-order chi connectivity index (χ0) is 8.27. The summed E-state index contributed by atoms with van der Waals surface area (Å²) in [6, 6.07) is 1.74. The largest absolute Gasteiger partial charge is 0.619 e. The molecule has 60 valence electrons. The van der Waals surface area contributed by atoms with E-state index in [1.54, 1.807) is 6.07 Å². The molecule has 4 heteroatoms. The molecule has 0 radical (unpaired) electrons. The van der Waals surface area contributed by atoms with Crippen LogP contribution in [0.1, 0.15) is 5.56 Å². The Kier molecular flexibility index (Phi) is 2.68. The first-order valence-electron chi connectivity index (χ1n) is 3.30. The van der Waals surface area contributed by atoms with Crippen LogP contribution in [0.3, 0.4) is 0 Å². The van der Waals surface area contributed by atoms with Gasteiger partial charge in [0.1, 0.15) is 5.02 Å². The van der Waals surface area contributed by atoms with Gasteiger partial charge in [0.15, 0.2) is 12.4 Å². The van der Waals surface area contributed by atoms with Gasteiger partial charge in [0.25, 0.3) is 0 Å². The van der Waals surface area contributed by atoms with Gasteiger partial charge in [0, 0.05) is 5.56 Å². The summed E-state index contributed by atoms with van der Waals surface area (Å²) in [6.07, 6.45) is 3.46. The highest BCUT2D eigenvalue weighted by Gasteiger charge is 1.99. The summed E-state index contributed by atoms with van der Waals surface area (Å²) in [6.45, 7) is 0.528. The molecule has 1 aromatic heterocycles. The van der Waals surface area contributed by atoms with Crippen LogP contribution in [0, 0.1) is 5.21 Å². The average molecular weight is 173 g/mol. The van der Waals surface area contributed by atoms with E-state index in [0.717, 1.165) is 5.56 Å². The minimum absolute atomic E-state index is 0.450. The Morgan fingerprint density at radius 3 is 2.82 bits per heavy atom. The summed E-state index contributed by atoms with van der Waals surface area (Å²) in [5, 5.41) is 11.2. The molecule has 0 saturated heterocycles. The van der Waals surface area contributed by atoms with E-state index in [1.807, 2.05) is 0 Å². The minimum Gasteiger partial charge on any atom is -0.619 e. The molecule has 0 fully saturated rings. The monoisotopic (exact) mass is 172 g/mol. The molecule has 0 aliphatic rings. The molecule has 0 spiro atoms.